The molecule has 0 saturated carbocycles. The number of rotatable bonds is 3. The number of fused-ring (bicyclic) bond motifs is 3. The van der Waals surface area contributed by atoms with Gasteiger partial charge in [-0.25, -0.2) is 0 Å². The molecule has 0 aromatic carbocycles. The van der Waals surface area contributed by atoms with Crippen LogP contribution in [0.3, 0.4) is 0 Å². The Morgan fingerprint density at radius 3 is 2.59 bits per heavy atom. The van der Waals surface area contributed by atoms with Crippen LogP contribution < -0.4 is 15.4 Å². The molecule has 0 aliphatic carbocycles. The first kappa shape index (κ1) is 20.2. The predicted molar refractivity (Wildman–Crippen MR) is 100 cm³/mol. The van der Waals surface area contributed by atoms with Crippen molar-refractivity contribution in [1.29, 1.82) is 0 Å². The van der Waals surface area contributed by atoms with Gasteiger partial charge in [-0.3, -0.25) is 14.2 Å². The van der Waals surface area contributed by atoms with Gasteiger partial charge in [-0.2, -0.15) is 18.2 Å². The largest absolute Gasteiger partial charge is 0.408 e. The number of hydrogen-bond donors (Lipinski definition) is 0. The van der Waals surface area contributed by atoms with Gasteiger partial charge in [-0.05, 0) is 12.8 Å². The first-order valence-corrected chi connectivity index (χ1v) is 9.82. The smallest absolute Gasteiger partial charge is 0.374 e. The van der Waals surface area contributed by atoms with Gasteiger partial charge >= 0.3 is 6.18 Å². The Kier molecular flexibility index (Phi) is 4.67. The SMILES string of the molecule is CC(C)(C)C(=O)CN1c2nc(N3CC4CC3CO4)cc(=O)n2CC[C@H]1C(F)(F)F. The summed E-state index contributed by atoms with van der Waals surface area (Å²) >= 11 is 0. The van der Waals surface area contributed by atoms with E-state index >= 15 is 0 Å². The van der Waals surface area contributed by atoms with Gasteiger partial charge in [0.05, 0.1) is 25.3 Å². The van der Waals surface area contributed by atoms with E-state index in [9.17, 15) is 22.8 Å². The summed E-state index contributed by atoms with van der Waals surface area (Å²) in [6.07, 6.45) is -3.95. The zero-order chi connectivity index (χ0) is 21.1. The third-order valence-corrected chi connectivity index (χ3v) is 5.96. The number of carbonyl (C=O) groups excluding carboxylic acids is 1. The molecule has 4 heterocycles. The molecule has 0 N–H and O–H groups in total. The molecule has 3 aliphatic rings. The number of halogens is 3. The monoisotopic (exact) mass is 414 g/mol. The van der Waals surface area contributed by atoms with Crippen molar-refractivity contribution in [3.63, 3.8) is 0 Å². The van der Waals surface area contributed by atoms with Crippen LogP contribution in [0.4, 0.5) is 24.9 Å². The van der Waals surface area contributed by atoms with Crippen molar-refractivity contribution in [2.45, 2.75) is 64.5 Å². The summed E-state index contributed by atoms with van der Waals surface area (Å²) in [5, 5.41) is 0. The number of alkyl halides is 3. The van der Waals surface area contributed by atoms with Crippen LogP contribution in [0.15, 0.2) is 10.9 Å². The molecule has 0 amide bonds. The van der Waals surface area contributed by atoms with Crippen LogP contribution in [0.1, 0.15) is 33.6 Å². The van der Waals surface area contributed by atoms with Crippen LogP contribution in [0, 0.1) is 5.41 Å². The maximum atomic E-state index is 13.8. The maximum absolute atomic E-state index is 13.8. The van der Waals surface area contributed by atoms with E-state index in [-0.39, 0.29) is 36.8 Å². The highest BCUT2D eigenvalue weighted by Gasteiger charge is 2.48. The van der Waals surface area contributed by atoms with Crippen LogP contribution in [-0.4, -0.2) is 59.4 Å². The summed E-state index contributed by atoms with van der Waals surface area (Å²) in [5.74, 6) is -0.0658. The number of anilines is 2. The molecule has 10 heteroatoms. The van der Waals surface area contributed by atoms with E-state index < -0.39 is 29.7 Å². The van der Waals surface area contributed by atoms with E-state index in [4.69, 9.17) is 4.74 Å². The van der Waals surface area contributed by atoms with Crippen molar-refractivity contribution in [3.05, 3.63) is 16.4 Å². The van der Waals surface area contributed by atoms with Crippen molar-refractivity contribution >= 4 is 17.5 Å². The summed E-state index contributed by atoms with van der Waals surface area (Å²) in [4.78, 5) is 32.7. The number of nitrogens with zero attached hydrogens (tertiary/aromatic N) is 4. The topological polar surface area (TPSA) is 67.7 Å². The summed E-state index contributed by atoms with van der Waals surface area (Å²) in [7, 11) is 0. The third-order valence-electron chi connectivity index (χ3n) is 5.96. The van der Waals surface area contributed by atoms with Gasteiger partial charge in [0.15, 0.2) is 5.78 Å². The molecule has 4 rings (SSSR count). The molecule has 160 valence electrons. The van der Waals surface area contributed by atoms with E-state index in [1.807, 2.05) is 4.90 Å². The van der Waals surface area contributed by atoms with Gasteiger partial charge in [0.1, 0.15) is 11.9 Å². The molecular weight excluding hydrogens is 389 g/mol. The minimum absolute atomic E-state index is 0.0575. The summed E-state index contributed by atoms with van der Waals surface area (Å²) < 4.78 is 48.1. The van der Waals surface area contributed by atoms with Crippen molar-refractivity contribution in [3.8, 4) is 0 Å². The van der Waals surface area contributed by atoms with Gasteiger partial charge in [-0.15, -0.1) is 0 Å². The van der Waals surface area contributed by atoms with Crippen molar-refractivity contribution < 1.29 is 22.7 Å². The first-order chi connectivity index (χ1) is 13.4. The number of ketones is 1. The third kappa shape index (κ3) is 3.62. The average Bonchev–Trinajstić information content (AvgIpc) is 3.23. The molecule has 3 aliphatic heterocycles. The lowest BCUT2D eigenvalue weighted by atomic mass is 9.90. The predicted octanol–water partition coefficient (Wildman–Crippen LogP) is 1.98. The number of hydrogen-bond acceptors (Lipinski definition) is 6. The second kappa shape index (κ2) is 6.72. The molecule has 0 spiro atoms. The maximum Gasteiger partial charge on any atom is 0.408 e. The molecular formula is C19H25F3N4O3. The van der Waals surface area contributed by atoms with Crippen molar-refractivity contribution in [2.24, 2.45) is 5.41 Å². The zero-order valence-corrected chi connectivity index (χ0v) is 16.7. The second-order valence-corrected chi connectivity index (χ2v) is 9.05. The number of morpholine rings is 1. The fraction of sp³-hybridized carbons (Fsp3) is 0.737. The van der Waals surface area contributed by atoms with Gasteiger partial charge in [0.25, 0.3) is 5.56 Å². The average molecular weight is 414 g/mol. The first-order valence-electron chi connectivity index (χ1n) is 9.82. The lowest BCUT2D eigenvalue weighted by Crippen LogP contribution is -2.55. The highest BCUT2D eigenvalue weighted by Crippen LogP contribution is 2.36. The number of aromatic nitrogens is 2. The Bertz CT molecular complexity index is 877. The lowest BCUT2D eigenvalue weighted by Gasteiger charge is -2.40. The Hall–Kier alpha value is -2.10. The van der Waals surface area contributed by atoms with Crippen LogP contribution in [0.2, 0.25) is 0 Å². The zero-order valence-electron chi connectivity index (χ0n) is 16.7. The molecule has 2 saturated heterocycles. The standard InChI is InChI=1S/C19H25F3N4O3/c1-18(2,3)14(27)9-26-13(19(20,21)22)4-5-24-16(28)7-15(23-17(24)26)25-8-12-6-11(25)10-29-12/h7,11-13H,4-6,8-10H2,1-3H3/t11?,12?,13-/m0/s1. The Labute approximate surface area is 166 Å². The Balaban J connectivity index is 1.76. The lowest BCUT2D eigenvalue weighted by molar-refractivity contribution is -0.153. The minimum Gasteiger partial charge on any atom is -0.374 e. The van der Waals surface area contributed by atoms with E-state index in [2.05, 4.69) is 4.98 Å². The van der Waals surface area contributed by atoms with E-state index in [0.717, 1.165) is 11.3 Å². The molecule has 0 radical (unpaired) electrons. The van der Waals surface area contributed by atoms with Gasteiger partial charge in [-0.1, -0.05) is 20.8 Å². The number of ether oxygens (including phenoxy) is 1. The van der Waals surface area contributed by atoms with Gasteiger partial charge in [0, 0.05) is 24.6 Å². The summed E-state index contributed by atoms with van der Waals surface area (Å²) in [5.41, 5.74) is -1.20. The molecule has 2 fully saturated rings. The molecule has 2 bridgehead atoms. The molecule has 29 heavy (non-hydrogen) atoms. The Morgan fingerprint density at radius 2 is 2.03 bits per heavy atom. The van der Waals surface area contributed by atoms with Crippen LogP contribution in [-0.2, 0) is 16.1 Å². The van der Waals surface area contributed by atoms with Crippen molar-refractivity contribution in [2.75, 3.05) is 29.5 Å². The minimum atomic E-state index is -4.53. The van der Waals surface area contributed by atoms with Crippen LogP contribution in [0.5, 0.6) is 0 Å². The molecule has 7 nitrogen and oxygen atoms in total. The molecule has 1 aromatic rings. The van der Waals surface area contributed by atoms with Crippen LogP contribution in [0.25, 0.3) is 0 Å². The highest BCUT2D eigenvalue weighted by molar-refractivity contribution is 5.88. The van der Waals surface area contributed by atoms with E-state index in [0.29, 0.717) is 19.0 Å². The Morgan fingerprint density at radius 1 is 1.31 bits per heavy atom. The number of carbonyl (C=O) groups is 1. The van der Waals surface area contributed by atoms with E-state index in [1.165, 1.54) is 10.6 Å². The fourth-order valence-corrected chi connectivity index (χ4v) is 4.20. The summed E-state index contributed by atoms with van der Waals surface area (Å²) in [6.45, 7) is 5.55. The quantitative estimate of drug-likeness (QED) is 0.754. The molecule has 2 unspecified atom stereocenters. The molecule has 1 aromatic heterocycles. The molecule has 3 atom stereocenters. The summed E-state index contributed by atoms with van der Waals surface area (Å²) in [6, 6.07) is -0.405. The second-order valence-electron chi connectivity index (χ2n) is 9.05. The van der Waals surface area contributed by atoms with Crippen molar-refractivity contribution in [1.82, 2.24) is 9.55 Å². The highest BCUT2D eigenvalue weighted by atomic mass is 19.4. The van der Waals surface area contributed by atoms with E-state index in [1.54, 1.807) is 20.8 Å². The fourth-order valence-electron chi connectivity index (χ4n) is 4.20. The van der Waals surface area contributed by atoms with Crippen LogP contribution >= 0.6 is 0 Å². The van der Waals surface area contributed by atoms with Gasteiger partial charge < -0.3 is 14.5 Å². The normalized spacial score (nSPS) is 26.8. The number of Topliss-reactive ketones (excluding diaryl/α,β-unsaturated/α-hetero) is 1. The van der Waals surface area contributed by atoms with Gasteiger partial charge in [0.2, 0.25) is 5.95 Å².